The Balaban J connectivity index is 2.29. The molecule has 0 atom stereocenters. The summed E-state index contributed by atoms with van der Waals surface area (Å²) in [5.74, 6) is 0. The van der Waals surface area contributed by atoms with E-state index in [1.807, 2.05) is 31.1 Å². The lowest BCUT2D eigenvalue weighted by molar-refractivity contribution is 0.269. The van der Waals surface area contributed by atoms with Gasteiger partial charge in [0, 0.05) is 20.3 Å². The van der Waals surface area contributed by atoms with Crippen LogP contribution in [0.15, 0.2) is 41.6 Å². The van der Waals surface area contributed by atoms with E-state index in [0.29, 0.717) is 5.69 Å². The zero-order valence-corrected chi connectivity index (χ0v) is 12.7. The molecule has 2 aromatic rings. The van der Waals surface area contributed by atoms with E-state index in [0.717, 1.165) is 5.69 Å². The van der Waals surface area contributed by atoms with E-state index >= 15 is 0 Å². The minimum Gasteiger partial charge on any atom is -0.394 e. The van der Waals surface area contributed by atoms with Crippen LogP contribution in [0.1, 0.15) is 0 Å². The Bertz CT molecular complexity index is 710. The van der Waals surface area contributed by atoms with Gasteiger partial charge in [-0.05, 0) is 12.1 Å². The molecule has 0 unspecified atom stereocenters. The SMILES string of the molecule is CN(C)c1ccccc1NS(=O)(=O)c1cnn(CCO)c1. The lowest BCUT2D eigenvalue weighted by Gasteiger charge is -2.17. The molecule has 0 radical (unpaired) electrons. The first-order valence-corrected chi connectivity index (χ1v) is 7.85. The minimum absolute atomic E-state index is 0.0597. The van der Waals surface area contributed by atoms with Gasteiger partial charge in [0.15, 0.2) is 0 Å². The average molecular weight is 310 g/mol. The molecule has 0 aliphatic carbocycles. The topological polar surface area (TPSA) is 87.5 Å². The van der Waals surface area contributed by atoms with Crippen molar-refractivity contribution < 1.29 is 13.5 Å². The van der Waals surface area contributed by atoms with Crippen molar-refractivity contribution in [2.75, 3.05) is 30.3 Å². The monoisotopic (exact) mass is 310 g/mol. The highest BCUT2D eigenvalue weighted by Gasteiger charge is 2.18. The Morgan fingerprint density at radius 3 is 2.71 bits per heavy atom. The predicted octanol–water partition coefficient (Wildman–Crippen LogP) is 0.742. The fourth-order valence-corrected chi connectivity index (χ4v) is 2.89. The van der Waals surface area contributed by atoms with E-state index in [-0.39, 0.29) is 18.0 Å². The van der Waals surface area contributed by atoms with Crippen LogP contribution in [0.5, 0.6) is 0 Å². The number of aromatic nitrogens is 2. The first kappa shape index (κ1) is 15.3. The lowest BCUT2D eigenvalue weighted by Crippen LogP contribution is -2.16. The Hall–Kier alpha value is -2.06. The van der Waals surface area contributed by atoms with Crippen molar-refractivity contribution >= 4 is 21.4 Å². The van der Waals surface area contributed by atoms with E-state index in [9.17, 15) is 8.42 Å². The number of rotatable bonds is 6. The third-order valence-electron chi connectivity index (χ3n) is 2.88. The van der Waals surface area contributed by atoms with Crippen LogP contribution in [-0.4, -0.2) is 44.0 Å². The molecule has 21 heavy (non-hydrogen) atoms. The van der Waals surface area contributed by atoms with Crippen LogP contribution in [0, 0.1) is 0 Å². The van der Waals surface area contributed by atoms with Gasteiger partial charge < -0.3 is 10.0 Å². The summed E-state index contributed by atoms with van der Waals surface area (Å²) in [6.45, 7) is 0.155. The van der Waals surface area contributed by atoms with Crippen LogP contribution < -0.4 is 9.62 Å². The highest BCUT2D eigenvalue weighted by atomic mass is 32.2. The number of nitrogens with one attached hydrogen (secondary N) is 1. The summed E-state index contributed by atoms with van der Waals surface area (Å²) in [5, 5.41) is 12.7. The van der Waals surface area contributed by atoms with E-state index in [1.165, 1.54) is 17.1 Å². The Morgan fingerprint density at radius 1 is 1.33 bits per heavy atom. The summed E-state index contributed by atoms with van der Waals surface area (Å²) in [5.41, 5.74) is 1.27. The molecular weight excluding hydrogens is 292 g/mol. The Labute approximate surface area is 123 Å². The number of para-hydroxylation sites is 2. The standard InChI is InChI=1S/C13H18N4O3S/c1-16(2)13-6-4-3-5-12(13)15-21(19,20)11-9-14-17(10-11)7-8-18/h3-6,9-10,15,18H,7-8H2,1-2H3. The number of anilines is 2. The summed E-state index contributed by atoms with van der Waals surface area (Å²) >= 11 is 0. The highest BCUT2D eigenvalue weighted by Crippen LogP contribution is 2.26. The van der Waals surface area contributed by atoms with E-state index < -0.39 is 10.0 Å². The molecule has 114 valence electrons. The van der Waals surface area contributed by atoms with Crippen LogP contribution in [0.4, 0.5) is 11.4 Å². The van der Waals surface area contributed by atoms with Crippen molar-refractivity contribution in [1.82, 2.24) is 9.78 Å². The number of aliphatic hydroxyl groups excluding tert-OH is 1. The molecule has 1 heterocycles. The second kappa shape index (κ2) is 6.15. The van der Waals surface area contributed by atoms with E-state index in [1.54, 1.807) is 12.1 Å². The molecule has 0 bridgehead atoms. The number of sulfonamides is 1. The Morgan fingerprint density at radius 2 is 2.05 bits per heavy atom. The molecule has 0 aliphatic heterocycles. The summed E-state index contributed by atoms with van der Waals surface area (Å²) in [6, 6.07) is 7.13. The van der Waals surface area contributed by atoms with Crippen molar-refractivity contribution in [3.05, 3.63) is 36.7 Å². The van der Waals surface area contributed by atoms with Gasteiger partial charge >= 0.3 is 0 Å². The molecule has 0 fully saturated rings. The van der Waals surface area contributed by atoms with Gasteiger partial charge in [0.2, 0.25) is 0 Å². The van der Waals surface area contributed by atoms with Crippen LogP contribution >= 0.6 is 0 Å². The predicted molar refractivity (Wildman–Crippen MR) is 80.9 cm³/mol. The van der Waals surface area contributed by atoms with Crippen molar-refractivity contribution in [2.24, 2.45) is 0 Å². The largest absolute Gasteiger partial charge is 0.394 e. The zero-order chi connectivity index (χ0) is 15.5. The van der Waals surface area contributed by atoms with Crippen LogP contribution in [0.25, 0.3) is 0 Å². The zero-order valence-electron chi connectivity index (χ0n) is 11.9. The van der Waals surface area contributed by atoms with Gasteiger partial charge in [-0.3, -0.25) is 9.40 Å². The fraction of sp³-hybridized carbons (Fsp3) is 0.308. The second-order valence-electron chi connectivity index (χ2n) is 4.68. The van der Waals surface area contributed by atoms with Crippen molar-refractivity contribution in [3.63, 3.8) is 0 Å². The minimum atomic E-state index is -3.71. The number of hydrogen-bond donors (Lipinski definition) is 2. The number of benzene rings is 1. The smallest absolute Gasteiger partial charge is 0.265 e. The van der Waals surface area contributed by atoms with Gasteiger partial charge in [0.05, 0.1) is 30.7 Å². The maximum atomic E-state index is 12.3. The molecule has 0 saturated carbocycles. The summed E-state index contributed by atoms with van der Waals surface area (Å²) in [6.07, 6.45) is 2.65. The summed E-state index contributed by atoms with van der Waals surface area (Å²) < 4.78 is 28.6. The molecule has 8 heteroatoms. The van der Waals surface area contributed by atoms with Gasteiger partial charge in [-0.25, -0.2) is 8.42 Å². The van der Waals surface area contributed by atoms with E-state index in [2.05, 4.69) is 9.82 Å². The molecule has 0 saturated heterocycles. The molecule has 1 aromatic carbocycles. The normalized spacial score (nSPS) is 11.4. The van der Waals surface area contributed by atoms with Crippen LogP contribution in [-0.2, 0) is 16.6 Å². The summed E-state index contributed by atoms with van der Waals surface area (Å²) in [7, 11) is -0.0291. The molecule has 0 amide bonds. The second-order valence-corrected chi connectivity index (χ2v) is 6.36. The van der Waals surface area contributed by atoms with Crippen LogP contribution in [0.2, 0.25) is 0 Å². The average Bonchev–Trinajstić information content (AvgIpc) is 2.88. The highest BCUT2D eigenvalue weighted by molar-refractivity contribution is 7.92. The van der Waals surface area contributed by atoms with Crippen LogP contribution in [0.3, 0.4) is 0 Å². The van der Waals surface area contributed by atoms with Crippen molar-refractivity contribution in [2.45, 2.75) is 11.4 Å². The first-order chi connectivity index (χ1) is 9.94. The number of aliphatic hydroxyl groups is 1. The van der Waals surface area contributed by atoms with Crippen molar-refractivity contribution in [1.29, 1.82) is 0 Å². The van der Waals surface area contributed by atoms with Gasteiger partial charge in [0.1, 0.15) is 4.90 Å². The van der Waals surface area contributed by atoms with Crippen molar-refractivity contribution in [3.8, 4) is 0 Å². The first-order valence-electron chi connectivity index (χ1n) is 6.36. The third-order valence-corrected chi connectivity index (χ3v) is 4.20. The molecule has 7 nitrogen and oxygen atoms in total. The maximum Gasteiger partial charge on any atom is 0.265 e. The van der Waals surface area contributed by atoms with Gasteiger partial charge in [-0.15, -0.1) is 0 Å². The molecule has 0 spiro atoms. The fourth-order valence-electron chi connectivity index (χ4n) is 1.86. The third kappa shape index (κ3) is 3.53. The molecule has 0 aliphatic rings. The molecule has 1 aromatic heterocycles. The van der Waals surface area contributed by atoms with Gasteiger partial charge in [0.25, 0.3) is 10.0 Å². The quantitative estimate of drug-likeness (QED) is 0.822. The number of nitrogens with zero attached hydrogens (tertiary/aromatic N) is 3. The molecule has 2 rings (SSSR count). The van der Waals surface area contributed by atoms with Gasteiger partial charge in [-0.1, -0.05) is 12.1 Å². The Kier molecular flexibility index (Phi) is 4.49. The summed E-state index contributed by atoms with van der Waals surface area (Å²) in [4.78, 5) is 1.89. The van der Waals surface area contributed by atoms with E-state index in [4.69, 9.17) is 5.11 Å². The lowest BCUT2D eigenvalue weighted by atomic mass is 10.2. The molecular formula is C13H18N4O3S. The van der Waals surface area contributed by atoms with Gasteiger partial charge in [-0.2, -0.15) is 5.10 Å². The number of hydrogen-bond acceptors (Lipinski definition) is 5. The maximum absolute atomic E-state index is 12.3. The molecule has 2 N–H and O–H groups in total.